The molecule has 2 aromatic rings. The maximum atomic E-state index is 10.1. The van der Waals surface area contributed by atoms with Gasteiger partial charge >= 0.3 is 0 Å². The van der Waals surface area contributed by atoms with Gasteiger partial charge in [0.2, 0.25) is 0 Å². The summed E-state index contributed by atoms with van der Waals surface area (Å²) in [4.78, 5) is 2.41. The number of nitrogens with zero attached hydrogens (tertiary/aromatic N) is 5. The number of ether oxygens (including phenoxy) is 2. The van der Waals surface area contributed by atoms with Crippen LogP contribution in [0.15, 0.2) is 24.5 Å². The summed E-state index contributed by atoms with van der Waals surface area (Å²) >= 11 is 0. The van der Waals surface area contributed by atoms with Crippen molar-refractivity contribution in [2.75, 3.05) is 40.0 Å². The highest BCUT2D eigenvalue weighted by atomic mass is 16.5. The van der Waals surface area contributed by atoms with Gasteiger partial charge in [0, 0.05) is 37.0 Å². The fourth-order valence-electron chi connectivity index (χ4n) is 4.04. The summed E-state index contributed by atoms with van der Waals surface area (Å²) in [5.41, 5.74) is 0.945. The molecule has 4 rings (SSSR count). The standard InChI is InChI=1S/C17H23N5O3/c1-24-13-3-4-14-15-8-21(5-2-6-22-12-18-19-20-22)9-17(15,10-23)11-25-16(14)7-13/h3-4,7,12,15,23H,2,5-6,8-11H2,1H3/t15-,17-/m0/s1. The molecule has 8 heteroatoms. The summed E-state index contributed by atoms with van der Waals surface area (Å²) in [5, 5.41) is 21.3. The molecular formula is C17H23N5O3. The van der Waals surface area contributed by atoms with Crippen molar-refractivity contribution in [1.82, 2.24) is 25.1 Å². The molecule has 3 heterocycles. The predicted octanol–water partition coefficient (Wildman–Crippen LogP) is 0.542. The number of benzene rings is 1. The summed E-state index contributed by atoms with van der Waals surface area (Å²) in [6.07, 6.45) is 2.60. The number of aromatic nitrogens is 4. The zero-order valence-corrected chi connectivity index (χ0v) is 14.3. The lowest BCUT2D eigenvalue weighted by Crippen LogP contribution is -2.42. The smallest absolute Gasteiger partial charge is 0.138 e. The van der Waals surface area contributed by atoms with Gasteiger partial charge in [0.05, 0.1) is 20.3 Å². The van der Waals surface area contributed by atoms with Gasteiger partial charge in [-0.25, -0.2) is 4.68 Å². The van der Waals surface area contributed by atoms with Gasteiger partial charge in [-0.15, -0.1) is 5.10 Å². The van der Waals surface area contributed by atoms with E-state index in [1.165, 1.54) is 5.56 Å². The summed E-state index contributed by atoms with van der Waals surface area (Å²) in [5.74, 6) is 1.95. The second-order valence-electron chi connectivity index (χ2n) is 6.93. The highest BCUT2D eigenvalue weighted by Gasteiger charge is 2.50. The first kappa shape index (κ1) is 16.3. The maximum absolute atomic E-state index is 10.1. The third-order valence-corrected chi connectivity index (χ3v) is 5.40. The van der Waals surface area contributed by atoms with Gasteiger partial charge in [-0.05, 0) is 35.0 Å². The van der Waals surface area contributed by atoms with E-state index in [1.807, 2.05) is 12.1 Å². The Kier molecular flexibility index (Phi) is 4.30. The first-order chi connectivity index (χ1) is 12.2. The minimum atomic E-state index is -0.226. The third-order valence-electron chi connectivity index (χ3n) is 5.40. The van der Waals surface area contributed by atoms with Crippen LogP contribution in [0.5, 0.6) is 11.5 Å². The largest absolute Gasteiger partial charge is 0.497 e. The molecule has 0 amide bonds. The van der Waals surface area contributed by atoms with Crippen LogP contribution in [0.25, 0.3) is 0 Å². The normalized spacial score (nSPS) is 25.3. The number of tetrazole rings is 1. The molecule has 2 atom stereocenters. The van der Waals surface area contributed by atoms with Crippen molar-refractivity contribution in [3.05, 3.63) is 30.1 Å². The minimum Gasteiger partial charge on any atom is -0.497 e. The third kappa shape index (κ3) is 2.96. The van der Waals surface area contributed by atoms with E-state index in [2.05, 4.69) is 26.5 Å². The summed E-state index contributed by atoms with van der Waals surface area (Å²) in [6.45, 7) is 4.19. The van der Waals surface area contributed by atoms with Gasteiger partial charge in [0.15, 0.2) is 0 Å². The maximum Gasteiger partial charge on any atom is 0.138 e. The van der Waals surface area contributed by atoms with Gasteiger partial charge in [0.1, 0.15) is 17.8 Å². The molecule has 134 valence electrons. The number of fused-ring (bicyclic) bond motifs is 3. The molecule has 0 spiro atoms. The molecule has 25 heavy (non-hydrogen) atoms. The Balaban J connectivity index is 1.47. The van der Waals surface area contributed by atoms with Crippen LogP contribution in [0.1, 0.15) is 17.9 Å². The molecule has 1 aromatic heterocycles. The van der Waals surface area contributed by atoms with Crippen molar-refractivity contribution in [2.24, 2.45) is 5.41 Å². The molecule has 2 aliphatic rings. The van der Waals surface area contributed by atoms with E-state index in [9.17, 15) is 5.11 Å². The van der Waals surface area contributed by atoms with Gasteiger partial charge in [0.25, 0.3) is 0 Å². The van der Waals surface area contributed by atoms with Crippen LogP contribution >= 0.6 is 0 Å². The Morgan fingerprint density at radius 2 is 2.32 bits per heavy atom. The molecule has 2 aliphatic heterocycles. The summed E-state index contributed by atoms with van der Waals surface area (Å²) in [6, 6.07) is 5.99. The fraction of sp³-hybridized carbons (Fsp3) is 0.588. The van der Waals surface area contributed by atoms with E-state index in [0.29, 0.717) is 6.61 Å². The van der Waals surface area contributed by atoms with Crippen molar-refractivity contribution in [3.8, 4) is 11.5 Å². The molecule has 0 aliphatic carbocycles. The number of aliphatic hydroxyl groups excluding tert-OH is 1. The molecule has 0 saturated carbocycles. The van der Waals surface area contributed by atoms with Gasteiger partial charge in [-0.1, -0.05) is 6.07 Å². The van der Waals surface area contributed by atoms with E-state index in [-0.39, 0.29) is 17.9 Å². The fourth-order valence-corrected chi connectivity index (χ4v) is 4.04. The van der Waals surface area contributed by atoms with Crippen molar-refractivity contribution in [3.63, 3.8) is 0 Å². The molecule has 0 bridgehead atoms. The van der Waals surface area contributed by atoms with Crippen LogP contribution in [0.3, 0.4) is 0 Å². The van der Waals surface area contributed by atoms with Gasteiger partial charge < -0.3 is 19.5 Å². The summed E-state index contributed by atoms with van der Waals surface area (Å²) in [7, 11) is 1.66. The van der Waals surface area contributed by atoms with Crippen LogP contribution in [0.4, 0.5) is 0 Å². The molecule has 1 N–H and O–H groups in total. The van der Waals surface area contributed by atoms with E-state index in [4.69, 9.17) is 9.47 Å². The topological polar surface area (TPSA) is 85.5 Å². The first-order valence-electron chi connectivity index (χ1n) is 8.59. The van der Waals surface area contributed by atoms with Gasteiger partial charge in [-0.3, -0.25) is 0 Å². The summed E-state index contributed by atoms with van der Waals surface area (Å²) < 4.78 is 13.0. The highest BCUT2D eigenvalue weighted by molar-refractivity contribution is 5.46. The Hall–Kier alpha value is -2.19. The molecule has 0 radical (unpaired) electrons. The number of likely N-dealkylation sites (tertiary alicyclic amines) is 1. The average Bonchev–Trinajstić information content (AvgIpc) is 3.29. The number of aliphatic hydroxyl groups is 1. The number of hydrogen-bond acceptors (Lipinski definition) is 7. The second-order valence-corrected chi connectivity index (χ2v) is 6.93. The predicted molar refractivity (Wildman–Crippen MR) is 89.6 cm³/mol. The molecule has 0 unspecified atom stereocenters. The second kappa shape index (κ2) is 6.61. The Morgan fingerprint density at radius 3 is 3.08 bits per heavy atom. The minimum absolute atomic E-state index is 0.132. The molecule has 1 fully saturated rings. The number of methoxy groups -OCH3 is 1. The van der Waals surface area contributed by atoms with E-state index < -0.39 is 0 Å². The quantitative estimate of drug-likeness (QED) is 0.818. The number of hydrogen-bond donors (Lipinski definition) is 1. The van der Waals surface area contributed by atoms with E-state index in [0.717, 1.165) is 44.1 Å². The van der Waals surface area contributed by atoms with E-state index >= 15 is 0 Å². The molecular weight excluding hydrogens is 322 g/mol. The van der Waals surface area contributed by atoms with Gasteiger partial charge in [-0.2, -0.15) is 0 Å². The lowest BCUT2D eigenvalue weighted by atomic mass is 9.74. The van der Waals surface area contributed by atoms with E-state index in [1.54, 1.807) is 18.1 Å². The lowest BCUT2D eigenvalue weighted by Gasteiger charge is -2.38. The average molecular weight is 345 g/mol. The van der Waals surface area contributed by atoms with Crippen LogP contribution in [-0.2, 0) is 6.54 Å². The molecule has 1 aromatic carbocycles. The number of rotatable bonds is 6. The number of aryl methyl sites for hydroxylation is 1. The zero-order valence-electron chi connectivity index (χ0n) is 14.3. The van der Waals surface area contributed by atoms with Crippen molar-refractivity contribution in [2.45, 2.75) is 18.9 Å². The van der Waals surface area contributed by atoms with Crippen LogP contribution in [-0.4, -0.2) is 70.2 Å². The molecule has 8 nitrogen and oxygen atoms in total. The lowest BCUT2D eigenvalue weighted by molar-refractivity contribution is 0.0459. The van der Waals surface area contributed by atoms with Crippen LogP contribution in [0, 0.1) is 5.41 Å². The van der Waals surface area contributed by atoms with Crippen LogP contribution < -0.4 is 9.47 Å². The van der Waals surface area contributed by atoms with Crippen molar-refractivity contribution in [1.29, 1.82) is 0 Å². The Morgan fingerprint density at radius 1 is 1.40 bits per heavy atom. The van der Waals surface area contributed by atoms with Crippen LogP contribution in [0.2, 0.25) is 0 Å². The Labute approximate surface area is 146 Å². The van der Waals surface area contributed by atoms with Crippen molar-refractivity contribution >= 4 is 0 Å². The Bertz CT molecular complexity index is 723. The van der Waals surface area contributed by atoms with Crippen molar-refractivity contribution < 1.29 is 14.6 Å². The SMILES string of the molecule is COc1ccc2c(c1)OC[C@@]1(CO)CN(CCCn3cnnn3)C[C@@H]21. The monoisotopic (exact) mass is 345 g/mol. The zero-order chi connectivity index (χ0) is 17.3. The highest BCUT2D eigenvalue weighted by Crippen LogP contribution is 2.50. The first-order valence-corrected chi connectivity index (χ1v) is 8.59. The molecule has 1 saturated heterocycles.